The molecule has 1 aliphatic heterocycles. The van der Waals surface area contributed by atoms with E-state index in [1.54, 1.807) is 24.3 Å². The van der Waals surface area contributed by atoms with Crippen molar-refractivity contribution < 1.29 is 4.79 Å². The minimum atomic E-state index is -0.112. The molecule has 4 nitrogen and oxygen atoms in total. The van der Waals surface area contributed by atoms with E-state index in [2.05, 4.69) is 15.5 Å². The smallest absolute Gasteiger partial charge is 0.243 e. The van der Waals surface area contributed by atoms with Gasteiger partial charge in [-0.15, -0.1) is 0 Å². The molecule has 1 atom stereocenters. The van der Waals surface area contributed by atoms with Gasteiger partial charge in [0.15, 0.2) is 0 Å². The van der Waals surface area contributed by atoms with Crippen molar-refractivity contribution in [2.75, 3.05) is 32.0 Å². The van der Waals surface area contributed by atoms with Crippen LogP contribution < -0.4 is 10.6 Å². The maximum Gasteiger partial charge on any atom is 0.243 e. The molecular formula is C12H16ClN3O. The van der Waals surface area contributed by atoms with E-state index in [9.17, 15) is 4.79 Å². The molecule has 2 rings (SSSR count). The van der Waals surface area contributed by atoms with Crippen LogP contribution in [0.5, 0.6) is 0 Å². The van der Waals surface area contributed by atoms with Crippen molar-refractivity contribution in [1.29, 1.82) is 0 Å². The topological polar surface area (TPSA) is 44.4 Å². The number of nitrogens with zero attached hydrogens (tertiary/aromatic N) is 1. The fourth-order valence-corrected chi connectivity index (χ4v) is 1.98. The molecule has 2 N–H and O–H groups in total. The molecule has 92 valence electrons. The Labute approximate surface area is 106 Å². The lowest BCUT2D eigenvalue weighted by Crippen LogP contribution is -2.54. The van der Waals surface area contributed by atoms with Crippen LogP contribution in [0.4, 0.5) is 5.69 Å². The molecule has 0 bridgehead atoms. The summed E-state index contributed by atoms with van der Waals surface area (Å²) in [5.41, 5.74) is 0.776. The van der Waals surface area contributed by atoms with Crippen LogP contribution in [0.25, 0.3) is 0 Å². The average molecular weight is 254 g/mol. The van der Waals surface area contributed by atoms with Crippen LogP contribution in [-0.2, 0) is 4.79 Å². The number of hydrogen-bond acceptors (Lipinski definition) is 3. The lowest BCUT2D eigenvalue weighted by atomic mass is 10.2. The van der Waals surface area contributed by atoms with E-state index in [0.717, 1.165) is 18.8 Å². The summed E-state index contributed by atoms with van der Waals surface area (Å²) in [6.45, 7) is 2.51. The second-order valence-electron chi connectivity index (χ2n) is 4.20. The van der Waals surface area contributed by atoms with E-state index in [4.69, 9.17) is 11.6 Å². The van der Waals surface area contributed by atoms with Crippen molar-refractivity contribution in [3.63, 3.8) is 0 Å². The van der Waals surface area contributed by atoms with Gasteiger partial charge in [-0.05, 0) is 31.3 Å². The molecule has 0 saturated carbocycles. The third-order valence-electron chi connectivity index (χ3n) is 2.93. The van der Waals surface area contributed by atoms with Crippen LogP contribution in [0.1, 0.15) is 0 Å². The zero-order chi connectivity index (χ0) is 12.3. The highest BCUT2D eigenvalue weighted by Crippen LogP contribution is 2.14. The number of rotatable bonds is 2. The number of halogens is 1. The van der Waals surface area contributed by atoms with Crippen LogP contribution in [0.15, 0.2) is 24.3 Å². The Morgan fingerprint density at radius 3 is 2.82 bits per heavy atom. The number of carbonyl (C=O) groups is 1. The molecule has 1 heterocycles. The predicted molar refractivity (Wildman–Crippen MR) is 69.4 cm³/mol. The summed E-state index contributed by atoms with van der Waals surface area (Å²) in [6.07, 6.45) is 0. The van der Waals surface area contributed by atoms with Crippen molar-refractivity contribution in [2.24, 2.45) is 0 Å². The van der Waals surface area contributed by atoms with Gasteiger partial charge in [0.2, 0.25) is 5.91 Å². The SMILES string of the molecule is CN1CCNCC1C(=O)Nc1ccc(Cl)cc1. The molecule has 5 heteroatoms. The van der Waals surface area contributed by atoms with Crippen molar-refractivity contribution >= 4 is 23.2 Å². The first-order valence-corrected chi connectivity index (χ1v) is 6.02. The van der Waals surface area contributed by atoms with Crippen LogP contribution in [0, 0.1) is 0 Å². The lowest BCUT2D eigenvalue weighted by Gasteiger charge is -2.31. The summed E-state index contributed by atoms with van der Waals surface area (Å²) >= 11 is 5.79. The van der Waals surface area contributed by atoms with Gasteiger partial charge in [0.1, 0.15) is 6.04 Å². The molecule has 0 spiro atoms. The van der Waals surface area contributed by atoms with E-state index in [1.165, 1.54) is 0 Å². The monoisotopic (exact) mass is 253 g/mol. The first kappa shape index (κ1) is 12.4. The second-order valence-corrected chi connectivity index (χ2v) is 4.63. The molecule has 1 fully saturated rings. The molecule has 1 saturated heterocycles. The van der Waals surface area contributed by atoms with Crippen molar-refractivity contribution in [3.05, 3.63) is 29.3 Å². The Balaban J connectivity index is 1.98. The Kier molecular flexibility index (Phi) is 3.99. The van der Waals surface area contributed by atoms with Crippen molar-refractivity contribution in [3.8, 4) is 0 Å². The van der Waals surface area contributed by atoms with Gasteiger partial charge in [0.25, 0.3) is 0 Å². The zero-order valence-electron chi connectivity index (χ0n) is 9.74. The molecule has 1 aromatic carbocycles. The third kappa shape index (κ3) is 3.19. The molecular weight excluding hydrogens is 238 g/mol. The lowest BCUT2D eigenvalue weighted by molar-refractivity contribution is -0.121. The molecule has 0 radical (unpaired) electrons. The first-order chi connectivity index (χ1) is 8.16. The third-order valence-corrected chi connectivity index (χ3v) is 3.18. The van der Waals surface area contributed by atoms with Gasteiger partial charge in [0, 0.05) is 30.3 Å². The normalized spacial score (nSPS) is 21.2. The number of hydrogen-bond donors (Lipinski definition) is 2. The van der Waals surface area contributed by atoms with Gasteiger partial charge in [-0.25, -0.2) is 0 Å². The summed E-state index contributed by atoms with van der Waals surface area (Å²) < 4.78 is 0. The highest BCUT2D eigenvalue weighted by Gasteiger charge is 2.25. The van der Waals surface area contributed by atoms with Crippen LogP contribution in [0.3, 0.4) is 0 Å². The number of anilines is 1. The molecule has 1 aromatic rings. The summed E-state index contributed by atoms with van der Waals surface area (Å²) in [5.74, 6) is 0.0158. The van der Waals surface area contributed by atoms with E-state index in [-0.39, 0.29) is 11.9 Å². The molecule has 1 aliphatic rings. The van der Waals surface area contributed by atoms with Crippen LogP contribution in [0.2, 0.25) is 5.02 Å². The van der Waals surface area contributed by atoms with Crippen LogP contribution in [-0.4, -0.2) is 43.5 Å². The molecule has 17 heavy (non-hydrogen) atoms. The number of likely N-dealkylation sites (N-methyl/N-ethyl adjacent to an activating group) is 1. The molecule has 1 amide bonds. The van der Waals surface area contributed by atoms with Gasteiger partial charge in [-0.1, -0.05) is 11.6 Å². The fraction of sp³-hybridized carbons (Fsp3) is 0.417. The number of nitrogens with one attached hydrogen (secondary N) is 2. The van der Waals surface area contributed by atoms with E-state index >= 15 is 0 Å². The number of carbonyl (C=O) groups excluding carboxylic acids is 1. The second kappa shape index (κ2) is 5.49. The van der Waals surface area contributed by atoms with Gasteiger partial charge < -0.3 is 10.6 Å². The zero-order valence-corrected chi connectivity index (χ0v) is 10.5. The predicted octanol–water partition coefficient (Wildman–Crippen LogP) is 1.18. The Morgan fingerprint density at radius 1 is 1.47 bits per heavy atom. The largest absolute Gasteiger partial charge is 0.325 e. The van der Waals surface area contributed by atoms with Gasteiger partial charge in [0.05, 0.1) is 0 Å². The maximum absolute atomic E-state index is 12.0. The van der Waals surface area contributed by atoms with Gasteiger partial charge >= 0.3 is 0 Å². The molecule has 1 unspecified atom stereocenters. The summed E-state index contributed by atoms with van der Waals surface area (Å²) in [7, 11) is 1.97. The maximum atomic E-state index is 12.0. The quantitative estimate of drug-likeness (QED) is 0.832. The van der Waals surface area contributed by atoms with Crippen molar-refractivity contribution in [2.45, 2.75) is 6.04 Å². The van der Waals surface area contributed by atoms with Crippen molar-refractivity contribution in [1.82, 2.24) is 10.2 Å². The number of benzene rings is 1. The van der Waals surface area contributed by atoms with Gasteiger partial charge in [-0.3, -0.25) is 9.69 Å². The average Bonchev–Trinajstić information content (AvgIpc) is 2.32. The fourth-order valence-electron chi connectivity index (χ4n) is 1.86. The number of piperazine rings is 1. The first-order valence-electron chi connectivity index (χ1n) is 5.64. The number of amides is 1. The minimum absolute atomic E-state index is 0.0158. The van der Waals surface area contributed by atoms with E-state index < -0.39 is 0 Å². The van der Waals surface area contributed by atoms with Gasteiger partial charge in [-0.2, -0.15) is 0 Å². The highest BCUT2D eigenvalue weighted by molar-refractivity contribution is 6.30. The standard InChI is InChI=1S/C12H16ClN3O/c1-16-7-6-14-8-11(16)12(17)15-10-4-2-9(13)3-5-10/h2-5,11,14H,6-8H2,1H3,(H,15,17). The summed E-state index contributed by atoms with van der Waals surface area (Å²) in [6, 6.07) is 7.02. The summed E-state index contributed by atoms with van der Waals surface area (Å²) in [4.78, 5) is 14.1. The summed E-state index contributed by atoms with van der Waals surface area (Å²) in [5, 5.41) is 6.77. The Bertz CT molecular complexity index is 393. The van der Waals surface area contributed by atoms with Crippen LogP contribution >= 0.6 is 11.6 Å². The van der Waals surface area contributed by atoms with E-state index in [0.29, 0.717) is 11.6 Å². The van der Waals surface area contributed by atoms with E-state index in [1.807, 2.05) is 7.05 Å². The highest BCUT2D eigenvalue weighted by atomic mass is 35.5. The molecule has 0 aromatic heterocycles. The minimum Gasteiger partial charge on any atom is -0.325 e. The molecule has 0 aliphatic carbocycles. The Hall–Kier alpha value is -1.10. The Morgan fingerprint density at radius 2 is 2.18 bits per heavy atom.